The topological polar surface area (TPSA) is 123 Å². The fraction of sp³-hybridized carbons (Fsp3) is 0.211. The van der Waals surface area contributed by atoms with Crippen LogP contribution in [0.25, 0.3) is 11.9 Å². The number of aromatic nitrogens is 5. The Bertz CT molecular complexity index is 1040. The smallest absolute Gasteiger partial charge is 0.269 e. The summed E-state index contributed by atoms with van der Waals surface area (Å²) >= 11 is 0. The van der Waals surface area contributed by atoms with Crippen molar-refractivity contribution in [3.63, 3.8) is 0 Å². The Balaban J connectivity index is 1.31. The van der Waals surface area contributed by atoms with E-state index >= 15 is 0 Å². The normalized spacial score (nSPS) is 14.3. The Morgan fingerprint density at radius 3 is 2.30 bits per heavy atom. The van der Waals surface area contributed by atoms with Crippen molar-refractivity contribution in [2.45, 2.75) is 0 Å². The molecule has 0 atom stereocenters. The first-order valence-corrected chi connectivity index (χ1v) is 9.25. The van der Waals surface area contributed by atoms with Gasteiger partial charge in [-0.05, 0) is 35.9 Å². The molecule has 0 N–H and O–H groups in total. The molecule has 1 fully saturated rings. The Hall–Kier alpha value is -4.15. The van der Waals surface area contributed by atoms with Gasteiger partial charge in [0.2, 0.25) is 5.91 Å². The van der Waals surface area contributed by atoms with E-state index in [0.29, 0.717) is 32.0 Å². The summed E-state index contributed by atoms with van der Waals surface area (Å²) in [6, 6.07) is 9.75. The number of nitro benzene ring substituents is 1. The zero-order valence-corrected chi connectivity index (χ0v) is 15.9. The molecule has 0 saturated carbocycles. The maximum absolute atomic E-state index is 12.4. The number of carbonyl (C=O) groups is 1. The van der Waals surface area contributed by atoms with Gasteiger partial charge >= 0.3 is 0 Å². The molecule has 1 aromatic carbocycles. The number of carbonyl (C=O) groups excluding carboxylic acids is 1. The van der Waals surface area contributed by atoms with Gasteiger partial charge in [-0.1, -0.05) is 0 Å². The molecule has 152 valence electrons. The van der Waals surface area contributed by atoms with Crippen LogP contribution in [0.1, 0.15) is 5.56 Å². The molecule has 1 amide bonds. The first-order chi connectivity index (χ1) is 14.6. The van der Waals surface area contributed by atoms with Gasteiger partial charge in [0.05, 0.1) is 4.92 Å². The van der Waals surface area contributed by atoms with Crippen LogP contribution in [0, 0.1) is 10.1 Å². The van der Waals surface area contributed by atoms with Crippen LogP contribution in [0.5, 0.6) is 0 Å². The summed E-state index contributed by atoms with van der Waals surface area (Å²) in [6.45, 7) is 2.43. The van der Waals surface area contributed by atoms with Crippen molar-refractivity contribution in [1.29, 1.82) is 0 Å². The predicted octanol–water partition coefficient (Wildman–Crippen LogP) is 1.33. The lowest BCUT2D eigenvalue weighted by molar-refractivity contribution is -0.384. The molecule has 0 unspecified atom stereocenters. The minimum Gasteiger partial charge on any atom is -0.352 e. The molecule has 0 aliphatic carbocycles. The van der Waals surface area contributed by atoms with Crippen LogP contribution in [-0.4, -0.2) is 66.9 Å². The molecule has 1 aliphatic heterocycles. The molecule has 3 aromatic rings. The van der Waals surface area contributed by atoms with Crippen LogP contribution in [-0.2, 0) is 4.79 Å². The predicted molar refractivity (Wildman–Crippen MR) is 108 cm³/mol. The van der Waals surface area contributed by atoms with Crippen molar-refractivity contribution in [3.05, 3.63) is 70.8 Å². The molecule has 11 nitrogen and oxygen atoms in total. The maximum atomic E-state index is 12.4. The number of anilines is 1. The van der Waals surface area contributed by atoms with Gasteiger partial charge in [-0.25, -0.2) is 9.67 Å². The van der Waals surface area contributed by atoms with Crippen LogP contribution in [0.3, 0.4) is 0 Å². The Morgan fingerprint density at radius 2 is 1.70 bits per heavy atom. The number of amides is 1. The van der Waals surface area contributed by atoms with Crippen molar-refractivity contribution in [2.75, 3.05) is 31.1 Å². The van der Waals surface area contributed by atoms with E-state index in [2.05, 4.69) is 25.2 Å². The van der Waals surface area contributed by atoms with Crippen LogP contribution in [0.15, 0.2) is 55.1 Å². The van der Waals surface area contributed by atoms with Gasteiger partial charge in [0.15, 0.2) is 11.6 Å². The Kier molecular flexibility index (Phi) is 5.42. The van der Waals surface area contributed by atoms with E-state index in [1.807, 2.05) is 12.1 Å². The molecular weight excluding hydrogens is 388 g/mol. The molecule has 2 aromatic heterocycles. The number of benzene rings is 1. The van der Waals surface area contributed by atoms with Crippen LogP contribution in [0.4, 0.5) is 11.5 Å². The van der Waals surface area contributed by atoms with Gasteiger partial charge in [-0.3, -0.25) is 14.9 Å². The highest BCUT2D eigenvalue weighted by Crippen LogP contribution is 2.15. The highest BCUT2D eigenvalue weighted by molar-refractivity contribution is 5.92. The molecule has 30 heavy (non-hydrogen) atoms. The van der Waals surface area contributed by atoms with Gasteiger partial charge in [-0.2, -0.15) is 5.10 Å². The van der Waals surface area contributed by atoms with E-state index in [1.54, 1.807) is 29.4 Å². The first-order valence-electron chi connectivity index (χ1n) is 9.25. The fourth-order valence-corrected chi connectivity index (χ4v) is 3.07. The standard InChI is InChI=1S/C19H18N8O3/c28-19(8-3-15-1-4-16(5-2-15)27(29)30)25-11-9-24(10-12-25)17-6-7-18(23-22-17)26-14-20-13-21-26/h1-8,13-14H,9-12H2/b8-3+. The summed E-state index contributed by atoms with van der Waals surface area (Å²) in [5.41, 5.74) is 0.752. The summed E-state index contributed by atoms with van der Waals surface area (Å²) in [6.07, 6.45) is 6.14. The van der Waals surface area contributed by atoms with Crippen molar-refractivity contribution in [1.82, 2.24) is 29.9 Å². The van der Waals surface area contributed by atoms with Gasteiger partial charge in [0.25, 0.3) is 5.69 Å². The lowest BCUT2D eigenvalue weighted by Crippen LogP contribution is -2.48. The first kappa shape index (κ1) is 19.2. The second-order valence-electron chi connectivity index (χ2n) is 6.58. The van der Waals surface area contributed by atoms with E-state index in [4.69, 9.17) is 0 Å². The zero-order valence-electron chi connectivity index (χ0n) is 15.9. The number of nitrogens with zero attached hydrogens (tertiary/aromatic N) is 8. The van der Waals surface area contributed by atoms with Crippen molar-refractivity contribution in [3.8, 4) is 5.82 Å². The third-order valence-electron chi connectivity index (χ3n) is 4.73. The van der Waals surface area contributed by atoms with E-state index in [9.17, 15) is 14.9 Å². The van der Waals surface area contributed by atoms with Crippen molar-refractivity contribution in [2.24, 2.45) is 0 Å². The third kappa shape index (κ3) is 4.29. The highest BCUT2D eigenvalue weighted by Gasteiger charge is 2.21. The number of non-ortho nitro benzene ring substituents is 1. The fourth-order valence-electron chi connectivity index (χ4n) is 3.07. The quantitative estimate of drug-likeness (QED) is 0.353. The molecule has 1 saturated heterocycles. The van der Waals surface area contributed by atoms with Crippen molar-refractivity contribution < 1.29 is 9.72 Å². The number of hydrogen-bond donors (Lipinski definition) is 0. The molecular formula is C19H18N8O3. The van der Waals surface area contributed by atoms with Crippen LogP contribution >= 0.6 is 0 Å². The van der Waals surface area contributed by atoms with Crippen LogP contribution in [0.2, 0.25) is 0 Å². The molecule has 0 spiro atoms. The lowest BCUT2D eigenvalue weighted by atomic mass is 10.2. The van der Waals surface area contributed by atoms with Crippen molar-refractivity contribution >= 4 is 23.5 Å². The van der Waals surface area contributed by atoms with E-state index < -0.39 is 4.92 Å². The minimum atomic E-state index is -0.454. The Morgan fingerprint density at radius 1 is 1.00 bits per heavy atom. The zero-order chi connectivity index (χ0) is 20.9. The summed E-state index contributed by atoms with van der Waals surface area (Å²) in [5.74, 6) is 1.23. The number of piperazine rings is 1. The van der Waals surface area contributed by atoms with Gasteiger partial charge < -0.3 is 9.80 Å². The molecule has 0 bridgehead atoms. The monoisotopic (exact) mass is 406 g/mol. The summed E-state index contributed by atoms with van der Waals surface area (Å²) in [4.78, 5) is 30.4. The number of rotatable bonds is 5. The highest BCUT2D eigenvalue weighted by atomic mass is 16.6. The van der Waals surface area contributed by atoms with Gasteiger partial charge in [0.1, 0.15) is 12.7 Å². The van der Waals surface area contributed by atoms with Gasteiger partial charge in [0, 0.05) is 44.4 Å². The number of hydrogen-bond acceptors (Lipinski definition) is 8. The average molecular weight is 406 g/mol. The summed E-state index contributed by atoms with van der Waals surface area (Å²) < 4.78 is 1.53. The third-order valence-corrected chi connectivity index (χ3v) is 4.73. The van der Waals surface area contributed by atoms with Gasteiger partial charge in [-0.15, -0.1) is 10.2 Å². The van der Waals surface area contributed by atoms with E-state index in [-0.39, 0.29) is 11.6 Å². The number of nitro groups is 1. The molecule has 3 heterocycles. The van der Waals surface area contributed by atoms with E-state index in [0.717, 1.165) is 11.4 Å². The Labute approximate surface area is 171 Å². The molecule has 1 aliphatic rings. The van der Waals surface area contributed by atoms with E-state index in [1.165, 1.54) is 29.2 Å². The second kappa shape index (κ2) is 8.47. The molecule has 0 radical (unpaired) electrons. The lowest BCUT2D eigenvalue weighted by Gasteiger charge is -2.34. The minimum absolute atomic E-state index is 0.0204. The SMILES string of the molecule is O=C(/C=C/c1ccc([N+](=O)[O-])cc1)N1CCN(c2ccc(-n3cncn3)nn2)CC1. The molecule has 4 rings (SSSR count). The second-order valence-corrected chi connectivity index (χ2v) is 6.58. The summed E-state index contributed by atoms with van der Waals surface area (Å²) in [7, 11) is 0. The largest absolute Gasteiger partial charge is 0.352 e. The summed E-state index contributed by atoms with van der Waals surface area (Å²) in [5, 5.41) is 23.1. The van der Waals surface area contributed by atoms with Crippen LogP contribution < -0.4 is 4.90 Å². The molecule has 11 heteroatoms. The maximum Gasteiger partial charge on any atom is 0.269 e. The average Bonchev–Trinajstić information content (AvgIpc) is 3.33.